The molecule has 2 aromatic carbocycles. The third kappa shape index (κ3) is 2.84. The van der Waals surface area contributed by atoms with Gasteiger partial charge in [-0.3, -0.25) is 0 Å². The number of nitrogens with one attached hydrogen (secondary N) is 1. The molecule has 0 radical (unpaired) electrons. The van der Waals surface area contributed by atoms with Crippen LogP contribution >= 0.6 is 11.8 Å². The van der Waals surface area contributed by atoms with Crippen LogP contribution in [0.4, 0.5) is 11.4 Å². The molecule has 0 saturated carbocycles. The third-order valence-corrected chi connectivity index (χ3v) is 4.67. The SMILES string of the molecule is CN(C)CCCc1cccc2c1Nc1ccccc1S2. The van der Waals surface area contributed by atoms with Gasteiger partial charge in [-0.05, 0) is 57.2 Å². The first-order chi connectivity index (χ1) is 9.74. The zero-order chi connectivity index (χ0) is 13.9. The van der Waals surface area contributed by atoms with E-state index in [1.165, 1.54) is 33.2 Å². The average molecular weight is 284 g/mol. The molecule has 0 bridgehead atoms. The van der Waals surface area contributed by atoms with Crippen molar-refractivity contribution in [3.05, 3.63) is 48.0 Å². The van der Waals surface area contributed by atoms with Crippen LogP contribution in [0.3, 0.4) is 0 Å². The lowest BCUT2D eigenvalue weighted by atomic mass is 10.1. The summed E-state index contributed by atoms with van der Waals surface area (Å²) < 4.78 is 0. The van der Waals surface area contributed by atoms with Gasteiger partial charge < -0.3 is 10.2 Å². The molecule has 3 heteroatoms. The van der Waals surface area contributed by atoms with E-state index in [0.717, 1.165) is 13.0 Å². The minimum absolute atomic E-state index is 1.12. The third-order valence-electron chi connectivity index (χ3n) is 3.53. The largest absolute Gasteiger partial charge is 0.353 e. The summed E-state index contributed by atoms with van der Waals surface area (Å²) in [6.07, 6.45) is 2.31. The Hall–Kier alpha value is -1.45. The van der Waals surface area contributed by atoms with Crippen molar-refractivity contribution < 1.29 is 0 Å². The number of hydrogen-bond acceptors (Lipinski definition) is 3. The van der Waals surface area contributed by atoms with Crippen LogP contribution in [0.1, 0.15) is 12.0 Å². The highest BCUT2D eigenvalue weighted by Gasteiger charge is 2.17. The van der Waals surface area contributed by atoms with Crippen LogP contribution in [0.2, 0.25) is 0 Å². The maximum Gasteiger partial charge on any atom is 0.0558 e. The molecule has 3 rings (SSSR count). The lowest BCUT2D eigenvalue weighted by Crippen LogP contribution is -2.14. The second-order valence-corrected chi connectivity index (χ2v) is 6.50. The predicted molar refractivity (Wildman–Crippen MR) is 87.2 cm³/mol. The summed E-state index contributed by atoms with van der Waals surface area (Å²) in [5, 5.41) is 3.61. The molecule has 1 aliphatic heterocycles. The van der Waals surface area contributed by atoms with Crippen LogP contribution in [0.15, 0.2) is 52.3 Å². The van der Waals surface area contributed by atoms with Gasteiger partial charge in [-0.25, -0.2) is 0 Å². The van der Waals surface area contributed by atoms with Gasteiger partial charge in [0, 0.05) is 9.79 Å². The molecule has 2 nitrogen and oxygen atoms in total. The van der Waals surface area contributed by atoms with Crippen molar-refractivity contribution >= 4 is 23.1 Å². The van der Waals surface area contributed by atoms with E-state index in [4.69, 9.17) is 0 Å². The first kappa shape index (κ1) is 13.5. The molecule has 20 heavy (non-hydrogen) atoms. The van der Waals surface area contributed by atoms with Crippen molar-refractivity contribution in [2.45, 2.75) is 22.6 Å². The lowest BCUT2D eigenvalue weighted by Gasteiger charge is -2.23. The smallest absolute Gasteiger partial charge is 0.0558 e. The van der Waals surface area contributed by atoms with E-state index in [9.17, 15) is 0 Å². The highest BCUT2D eigenvalue weighted by atomic mass is 32.2. The second-order valence-electron chi connectivity index (χ2n) is 5.42. The fourth-order valence-electron chi connectivity index (χ4n) is 2.51. The Labute approximate surface area is 125 Å². The van der Waals surface area contributed by atoms with E-state index in [1.54, 1.807) is 0 Å². The Morgan fingerprint density at radius 2 is 1.80 bits per heavy atom. The molecule has 1 N–H and O–H groups in total. The molecule has 0 unspecified atom stereocenters. The minimum Gasteiger partial charge on any atom is -0.353 e. The van der Waals surface area contributed by atoms with Gasteiger partial charge in [-0.15, -0.1) is 0 Å². The normalized spacial score (nSPS) is 12.8. The minimum atomic E-state index is 1.12. The van der Waals surface area contributed by atoms with Gasteiger partial charge in [0.1, 0.15) is 0 Å². The lowest BCUT2D eigenvalue weighted by molar-refractivity contribution is 0.400. The monoisotopic (exact) mass is 284 g/mol. The summed E-state index contributed by atoms with van der Waals surface area (Å²) >= 11 is 1.86. The topological polar surface area (TPSA) is 15.3 Å². The highest BCUT2D eigenvalue weighted by molar-refractivity contribution is 7.99. The van der Waals surface area contributed by atoms with Crippen LogP contribution in [0, 0.1) is 0 Å². The molecule has 0 atom stereocenters. The number of para-hydroxylation sites is 2. The van der Waals surface area contributed by atoms with Gasteiger partial charge >= 0.3 is 0 Å². The van der Waals surface area contributed by atoms with Gasteiger partial charge in [0.25, 0.3) is 0 Å². The van der Waals surface area contributed by atoms with E-state index < -0.39 is 0 Å². The van der Waals surface area contributed by atoms with Crippen molar-refractivity contribution in [1.29, 1.82) is 0 Å². The average Bonchev–Trinajstić information content (AvgIpc) is 2.45. The number of nitrogens with zero attached hydrogens (tertiary/aromatic N) is 1. The number of anilines is 2. The van der Waals surface area contributed by atoms with E-state index >= 15 is 0 Å². The van der Waals surface area contributed by atoms with Crippen molar-refractivity contribution in [2.24, 2.45) is 0 Å². The number of benzene rings is 2. The van der Waals surface area contributed by atoms with Crippen LogP contribution in [-0.4, -0.2) is 25.5 Å². The number of aryl methyl sites for hydroxylation is 1. The van der Waals surface area contributed by atoms with Crippen LogP contribution < -0.4 is 5.32 Å². The standard InChI is InChI=1S/C17H20N2S/c1-19(2)12-6-8-13-7-5-11-16-17(13)18-14-9-3-4-10-15(14)20-16/h3-5,7,9-11,18H,6,8,12H2,1-2H3. The Morgan fingerprint density at radius 1 is 1.00 bits per heavy atom. The first-order valence-electron chi connectivity index (χ1n) is 7.04. The van der Waals surface area contributed by atoms with Crippen LogP contribution in [-0.2, 0) is 6.42 Å². The molecule has 0 aromatic heterocycles. The van der Waals surface area contributed by atoms with Gasteiger partial charge in [-0.1, -0.05) is 36.0 Å². The predicted octanol–water partition coefficient (Wildman–Crippen LogP) is 4.39. The Kier molecular flexibility index (Phi) is 3.99. The molecule has 0 fully saturated rings. The van der Waals surface area contributed by atoms with E-state index in [2.05, 4.69) is 66.8 Å². The Bertz CT molecular complexity index is 608. The molecular formula is C17H20N2S. The molecule has 104 valence electrons. The van der Waals surface area contributed by atoms with Gasteiger partial charge in [0.15, 0.2) is 0 Å². The molecule has 1 heterocycles. The Morgan fingerprint density at radius 3 is 2.65 bits per heavy atom. The van der Waals surface area contributed by atoms with Crippen LogP contribution in [0.5, 0.6) is 0 Å². The van der Waals surface area contributed by atoms with Crippen molar-refractivity contribution in [1.82, 2.24) is 4.90 Å². The fraction of sp³-hybridized carbons (Fsp3) is 0.294. The summed E-state index contributed by atoms with van der Waals surface area (Å²) in [4.78, 5) is 4.89. The molecule has 1 aliphatic rings. The molecule has 0 amide bonds. The molecule has 2 aromatic rings. The molecule has 0 spiro atoms. The van der Waals surface area contributed by atoms with Gasteiger partial charge in [-0.2, -0.15) is 0 Å². The summed E-state index contributed by atoms with van der Waals surface area (Å²) in [5.74, 6) is 0. The second kappa shape index (κ2) is 5.90. The van der Waals surface area contributed by atoms with Crippen molar-refractivity contribution in [3.8, 4) is 0 Å². The molecule has 0 saturated heterocycles. The summed E-state index contributed by atoms with van der Waals surface area (Å²) in [6, 6.07) is 15.1. The quantitative estimate of drug-likeness (QED) is 0.765. The van der Waals surface area contributed by atoms with Gasteiger partial charge in [0.2, 0.25) is 0 Å². The molecule has 0 aliphatic carbocycles. The van der Waals surface area contributed by atoms with Crippen molar-refractivity contribution in [3.63, 3.8) is 0 Å². The van der Waals surface area contributed by atoms with Crippen LogP contribution in [0.25, 0.3) is 0 Å². The number of hydrogen-bond donors (Lipinski definition) is 1. The fourth-order valence-corrected chi connectivity index (χ4v) is 3.55. The number of fused-ring (bicyclic) bond motifs is 2. The summed E-state index contributed by atoms with van der Waals surface area (Å²) in [5.41, 5.74) is 3.95. The van der Waals surface area contributed by atoms with E-state index in [-0.39, 0.29) is 0 Å². The first-order valence-corrected chi connectivity index (χ1v) is 7.86. The maximum absolute atomic E-state index is 3.61. The number of rotatable bonds is 4. The zero-order valence-corrected chi connectivity index (χ0v) is 12.8. The summed E-state index contributed by atoms with van der Waals surface area (Å²) in [6.45, 7) is 1.13. The van der Waals surface area contributed by atoms with E-state index in [0.29, 0.717) is 0 Å². The highest BCUT2D eigenvalue weighted by Crippen LogP contribution is 2.45. The maximum atomic E-state index is 3.61. The van der Waals surface area contributed by atoms with E-state index in [1.807, 2.05) is 11.8 Å². The Balaban J connectivity index is 1.82. The zero-order valence-electron chi connectivity index (χ0n) is 12.0. The molecular weight excluding hydrogens is 264 g/mol. The summed E-state index contributed by atoms with van der Waals surface area (Å²) in [7, 11) is 4.26. The van der Waals surface area contributed by atoms with Gasteiger partial charge in [0.05, 0.1) is 11.4 Å². The van der Waals surface area contributed by atoms with Crippen molar-refractivity contribution in [2.75, 3.05) is 26.0 Å².